The third-order valence-corrected chi connectivity index (χ3v) is 7.57. The molecule has 0 radical (unpaired) electrons. The number of aliphatic carboxylic acids is 1. The fourth-order valence-electron chi connectivity index (χ4n) is 5.26. The van der Waals surface area contributed by atoms with Gasteiger partial charge in [0.05, 0.1) is 11.5 Å². The lowest BCUT2D eigenvalue weighted by Crippen LogP contribution is -2.53. The van der Waals surface area contributed by atoms with Crippen LogP contribution in [0.25, 0.3) is 0 Å². The lowest BCUT2D eigenvalue weighted by molar-refractivity contribution is -0.142. The van der Waals surface area contributed by atoms with E-state index in [1.807, 2.05) is 0 Å². The van der Waals surface area contributed by atoms with E-state index < -0.39 is 23.6 Å². The molecule has 0 amide bonds. The molecule has 8 heteroatoms. The van der Waals surface area contributed by atoms with Gasteiger partial charge in [-0.05, 0) is 73.1 Å². The summed E-state index contributed by atoms with van der Waals surface area (Å²) in [6.45, 7) is 1.96. The Hall–Kier alpha value is -2.15. The highest BCUT2D eigenvalue weighted by molar-refractivity contribution is 6.34. The minimum Gasteiger partial charge on any atom is -0.488 e. The van der Waals surface area contributed by atoms with Crippen molar-refractivity contribution in [1.82, 2.24) is 4.90 Å². The number of ketones is 1. The van der Waals surface area contributed by atoms with Gasteiger partial charge >= 0.3 is 5.97 Å². The Kier molecular flexibility index (Phi) is 6.58. The second kappa shape index (κ2) is 9.48. The molecule has 5 nitrogen and oxygen atoms in total. The first-order chi connectivity index (χ1) is 16.3. The van der Waals surface area contributed by atoms with Crippen LogP contribution in [-0.4, -0.2) is 41.0 Å². The van der Waals surface area contributed by atoms with Crippen LogP contribution in [0.2, 0.25) is 10.0 Å². The first-order valence-electron chi connectivity index (χ1n) is 11.7. The van der Waals surface area contributed by atoms with Crippen molar-refractivity contribution in [3.8, 4) is 5.75 Å². The zero-order valence-electron chi connectivity index (χ0n) is 18.6. The van der Waals surface area contributed by atoms with Crippen LogP contribution in [0.5, 0.6) is 5.75 Å². The number of halogens is 3. The zero-order chi connectivity index (χ0) is 24.0. The van der Waals surface area contributed by atoms with Gasteiger partial charge in [-0.1, -0.05) is 29.6 Å². The Bertz CT molecular complexity index is 1110. The number of carboxylic acid groups (broad SMARTS) is 1. The van der Waals surface area contributed by atoms with Crippen molar-refractivity contribution in [1.29, 1.82) is 0 Å². The third kappa shape index (κ3) is 4.95. The van der Waals surface area contributed by atoms with Crippen LogP contribution in [0.3, 0.4) is 0 Å². The molecule has 0 aromatic heterocycles. The van der Waals surface area contributed by atoms with Gasteiger partial charge < -0.3 is 9.84 Å². The second-order valence-corrected chi connectivity index (χ2v) is 10.6. The summed E-state index contributed by atoms with van der Waals surface area (Å²) < 4.78 is 21.1. The summed E-state index contributed by atoms with van der Waals surface area (Å²) in [5, 5.41) is 10.5. The number of Topliss-reactive ketones (excluding diaryl/α,β-unsaturated/α-hetero) is 1. The number of rotatable bonds is 8. The molecule has 2 aromatic rings. The highest BCUT2D eigenvalue weighted by Gasteiger charge is 2.40. The lowest BCUT2D eigenvalue weighted by atomic mass is 9.86. The molecule has 2 aliphatic carbocycles. The van der Waals surface area contributed by atoms with Gasteiger partial charge in [-0.3, -0.25) is 14.5 Å². The Morgan fingerprint density at radius 3 is 2.32 bits per heavy atom. The predicted molar refractivity (Wildman–Crippen MR) is 127 cm³/mol. The molecular weight excluding hydrogens is 480 g/mol. The topological polar surface area (TPSA) is 66.8 Å². The minimum absolute atomic E-state index is 0.0000695. The van der Waals surface area contributed by atoms with Crippen LogP contribution in [0.4, 0.5) is 4.39 Å². The first-order valence-corrected chi connectivity index (χ1v) is 12.5. The van der Waals surface area contributed by atoms with Crippen LogP contribution in [0, 0.1) is 17.7 Å². The van der Waals surface area contributed by atoms with Gasteiger partial charge in [0.1, 0.15) is 17.7 Å². The molecule has 2 atom stereocenters. The Balaban J connectivity index is 1.27. The number of hydrogen-bond donors (Lipinski definition) is 1. The molecule has 3 fully saturated rings. The number of likely N-dealkylation sites (tertiary alicyclic amines) is 1. The first kappa shape index (κ1) is 23.6. The van der Waals surface area contributed by atoms with E-state index in [0.717, 1.165) is 24.0 Å². The highest BCUT2D eigenvalue weighted by Crippen LogP contribution is 2.44. The van der Waals surface area contributed by atoms with Crippen molar-refractivity contribution in [2.45, 2.75) is 50.7 Å². The van der Waals surface area contributed by atoms with E-state index in [4.69, 9.17) is 27.9 Å². The number of hydrogen-bond acceptors (Lipinski definition) is 4. The van der Waals surface area contributed by atoms with Gasteiger partial charge in [-0.25, -0.2) is 4.39 Å². The van der Waals surface area contributed by atoms with Gasteiger partial charge in [-0.2, -0.15) is 0 Å². The van der Waals surface area contributed by atoms with E-state index in [2.05, 4.69) is 4.90 Å². The maximum absolute atomic E-state index is 15.1. The van der Waals surface area contributed by atoms with E-state index in [0.29, 0.717) is 60.6 Å². The summed E-state index contributed by atoms with van der Waals surface area (Å²) in [4.78, 5) is 26.8. The molecule has 5 rings (SSSR count). The van der Waals surface area contributed by atoms with E-state index >= 15 is 4.39 Å². The molecule has 0 spiro atoms. The molecule has 1 saturated heterocycles. The summed E-state index contributed by atoms with van der Waals surface area (Å²) in [5.74, 6) is -2.29. The van der Waals surface area contributed by atoms with Crippen molar-refractivity contribution in [3.05, 3.63) is 62.9 Å². The smallest absolute Gasteiger partial charge is 0.307 e. The molecule has 34 heavy (non-hydrogen) atoms. The Labute approximate surface area is 207 Å². The molecule has 2 saturated carbocycles. The fraction of sp³-hybridized carbons (Fsp3) is 0.462. The van der Waals surface area contributed by atoms with Crippen molar-refractivity contribution in [2.75, 3.05) is 13.1 Å². The third-order valence-electron chi connectivity index (χ3n) is 7.14. The van der Waals surface area contributed by atoms with Crippen LogP contribution in [-0.2, 0) is 11.3 Å². The molecule has 1 heterocycles. The van der Waals surface area contributed by atoms with Crippen LogP contribution in [0.15, 0.2) is 30.3 Å². The minimum atomic E-state index is -0.968. The maximum Gasteiger partial charge on any atom is 0.307 e. The van der Waals surface area contributed by atoms with E-state index in [1.165, 1.54) is 6.07 Å². The Morgan fingerprint density at radius 1 is 1.00 bits per heavy atom. The standard InChI is InChI=1S/C26H26Cl2FNO4/c27-16-7-17(28)9-18(8-16)34-19-12-30(13-19)11-15-6-24(29)23(10-22(15)14-4-5-14)25(31)20-2-1-3-21(20)26(32)33/h6-10,14,19-21H,1-5,11-13H2,(H,32,33)/t20?,21-/m1/s1. The van der Waals surface area contributed by atoms with Crippen molar-refractivity contribution >= 4 is 35.0 Å². The Morgan fingerprint density at radius 2 is 1.68 bits per heavy atom. The summed E-state index contributed by atoms with van der Waals surface area (Å²) >= 11 is 12.1. The summed E-state index contributed by atoms with van der Waals surface area (Å²) in [5.41, 5.74) is 1.95. The average Bonchev–Trinajstić information content (AvgIpc) is 3.46. The van der Waals surface area contributed by atoms with Gasteiger partial charge in [-0.15, -0.1) is 0 Å². The maximum atomic E-state index is 15.1. The largest absolute Gasteiger partial charge is 0.488 e. The predicted octanol–water partition coefficient (Wildman–Crippen LogP) is 5.96. The van der Waals surface area contributed by atoms with E-state index in [1.54, 1.807) is 24.3 Å². The molecular formula is C26H26Cl2FNO4. The van der Waals surface area contributed by atoms with Crippen LogP contribution < -0.4 is 4.74 Å². The quantitative estimate of drug-likeness (QED) is 0.448. The number of carbonyl (C=O) groups excluding carboxylic acids is 1. The number of nitrogens with zero attached hydrogens (tertiary/aromatic N) is 1. The number of carboxylic acids is 1. The van der Waals surface area contributed by atoms with Crippen LogP contribution >= 0.6 is 23.2 Å². The SMILES string of the molecule is O=C(c1cc(C2CC2)c(CN2CC(Oc3cc(Cl)cc(Cl)c3)C2)cc1F)C1CCC[C@H]1C(=O)O. The molecule has 1 unspecified atom stereocenters. The second-order valence-electron chi connectivity index (χ2n) is 9.69. The number of ether oxygens (including phenoxy) is 1. The monoisotopic (exact) mass is 505 g/mol. The van der Waals surface area contributed by atoms with E-state index in [-0.39, 0.29) is 17.5 Å². The van der Waals surface area contributed by atoms with Crippen LogP contribution in [0.1, 0.15) is 59.5 Å². The van der Waals surface area contributed by atoms with Gasteiger partial charge in [0, 0.05) is 35.6 Å². The molecule has 2 aromatic carbocycles. The molecule has 0 bridgehead atoms. The van der Waals surface area contributed by atoms with Gasteiger partial charge in [0.2, 0.25) is 0 Å². The number of carbonyl (C=O) groups is 2. The molecule has 3 aliphatic rings. The average molecular weight is 506 g/mol. The molecule has 180 valence electrons. The zero-order valence-corrected chi connectivity index (χ0v) is 20.1. The summed E-state index contributed by atoms with van der Waals surface area (Å²) in [7, 11) is 0. The summed E-state index contributed by atoms with van der Waals surface area (Å²) in [6.07, 6.45) is 3.70. The van der Waals surface area contributed by atoms with Gasteiger partial charge in [0.15, 0.2) is 5.78 Å². The van der Waals surface area contributed by atoms with Gasteiger partial charge in [0.25, 0.3) is 0 Å². The van der Waals surface area contributed by atoms with Crippen molar-refractivity contribution < 1.29 is 23.8 Å². The lowest BCUT2D eigenvalue weighted by Gasteiger charge is -2.39. The summed E-state index contributed by atoms with van der Waals surface area (Å²) in [6, 6.07) is 8.29. The van der Waals surface area contributed by atoms with Crippen molar-refractivity contribution in [3.63, 3.8) is 0 Å². The fourth-order valence-corrected chi connectivity index (χ4v) is 5.76. The van der Waals surface area contributed by atoms with Crippen molar-refractivity contribution in [2.24, 2.45) is 11.8 Å². The molecule has 1 aliphatic heterocycles. The highest BCUT2D eigenvalue weighted by atomic mass is 35.5. The number of benzene rings is 2. The molecule has 1 N–H and O–H groups in total. The van der Waals surface area contributed by atoms with E-state index in [9.17, 15) is 14.7 Å². The normalized spacial score (nSPS) is 23.0.